The first-order chi connectivity index (χ1) is 6.28. The highest BCUT2D eigenvalue weighted by Gasteiger charge is 2.20. The zero-order valence-corrected chi connectivity index (χ0v) is 8.50. The standard InChI is InChI=1S/C6H13N3O4S/c1-2-14(12,13)9-6(11)4(7)3-5(8)10/h4H,2-3,7H2,1H3,(H2,8,10)(H,9,11). The molecule has 0 heterocycles. The molecule has 0 aromatic rings. The number of nitrogens with one attached hydrogen (secondary N) is 1. The molecule has 0 radical (unpaired) electrons. The number of hydrogen-bond acceptors (Lipinski definition) is 5. The maximum absolute atomic E-state index is 11.0. The van der Waals surface area contributed by atoms with E-state index in [4.69, 9.17) is 11.5 Å². The Bertz CT molecular complexity index is 324. The Hall–Kier alpha value is -1.15. The summed E-state index contributed by atoms with van der Waals surface area (Å²) in [6.07, 6.45) is -0.384. The molecule has 82 valence electrons. The summed E-state index contributed by atoms with van der Waals surface area (Å²) in [5, 5.41) is 0. The third-order valence-electron chi connectivity index (χ3n) is 1.39. The van der Waals surface area contributed by atoms with Crippen LogP contribution in [0.4, 0.5) is 0 Å². The number of amides is 2. The minimum Gasteiger partial charge on any atom is -0.370 e. The summed E-state index contributed by atoms with van der Waals surface area (Å²) in [7, 11) is -3.63. The molecule has 1 atom stereocenters. The molecule has 8 heteroatoms. The summed E-state index contributed by atoms with van der Waals surface area (Å²) in [6.45, 7) is 1.37. The number of nitrogens with two attached hydrogens (primary N) is 2. The predicted molar refractivity (Wildman–Crippen MR) is 49.4 cm³/mol. The van der Waals surface area contributed by atoms with Crippen LogP contribution in [0, 0.1) is 0 Å². The Balaban J connectivity index is 4.29. The molecule has 0 aliphatic rings. The Morgan fingerprint density at radius 2 is 1.93 bits per heavy atom. The van der Waals surface area contributed by atoms with Crippen molar-refractivity contribution in [2.45, 2.75) is 19.4 Å². The van der Waals surface area contributed by atoms with Gasteiger partial charge in [-0.15, -0.1) is 0 Å². The van der Waals surface area contributed by atoms with E-state index in [1.807, 2.05) is 0 Å². The Morgan fingerprint density at radius 3 is 2.29 bits per heavy atom. The van der Waals surface area contributed by atoms with Crippen LogP contribution in [0.2, 0.25) is 0 Å². The highest BCUT2D eigenvalue weighted by Crippen LogP contribution is 1.90. The van der Waals surface area contributed by atoms with Gasteiger partial charge in [-0.1, -0.05) is 0 Å². The van der Waals surface area contributed by atoms with Crippen molar-refractivity contribution in [1.29, 1.82) is 0 Å². The molecule has 7 nitrogen and oxygen atoms in total. The Morgan fingerprint density at radius 1 is 1.43 bits per heavy atom. The second kappa shape index (κ2) is 4.91. The maximum atomic E-state index is 11.0. The molecule has 0 bridgehead atoms. The second-order valence-corrected chi connectivity index (χ2v) is 4.66. The fraction of sp³-hybridized carbons (Fsp3) is 0.667. The normalized spacial score (nSPS) is 13.3. The highest BCUT2D eigenvalue weighted by atomic mass is 32.2. The summed E-state index contributed by atoms with van der Waals surface area (Å²) < 4.78 is 23.5. The number of carbonyl (C=O) groups excluding carboxylic acids is 2. The molecule has 0 saturated heterocycles. The molecule has 0 saturated carbocycles. The smallest absolute Gasteiger partial charge is 0.250 e. The van der Waals surface area contributed by atoms with Crippen molar-refractivity contribution in [2.75, 3.05) is 5.75 Å². The Labute approximate surface area is 81.9 Å². The van der Waals surface area contributed by atoms with Crippen molar-refractivity contribution in [1.82, 2.24) is 4.72 Å². The number of rotatable bonds is 5. The van der Waals surface area contributed by atoms with Gasteiger partial charge in [-0.3, -0.25) is 14.3 Å². The predicted octanol–water partition coefficient (Wildman–Crippen LogP) is -2.34. The van der Waals surface area contributed by atoms with Crippen LogP contribution in [0.25, 0.3) is 0 Å². The fourth-order valence-electron chi connectivity index (χ4n) is 0.611. The molecule has 1 unspecified atom stereocenters. The van der Waals surface area contributed by atoms with E-state index in [9.17, 15) is 18.0 Å². The SMILES string of the molecule is CCS(=O)(=O)NC(=O)C(N)CC(N)=O. The summed E-state index contributed by atoms with van der Waals surface area (Å²) >= 11 is 0. The zero-order chi connectivity index (χ0) is 11.4. The van der Waals surface area contributed by atoms with Crippen molar-refractivity contribution in [3.8, 4) is 0 Å². The molecular formula is C6H13N3O4S. The van der Waals surface area contributed by atoms with Crippen LogP contribution in [0.1, 0.15) is 13.3 Å². The van der Waals surface area contributed by atoms with Gasteiger partial charge < -0.3 is 11.5 Å². The van der Waals surface area contributed by atoms with E-state index in [0.29, 0.717) is 0 Å². The lowest BCUT2D eigenvalue weighted by Gasteiger charge is -2.09. The third-order valence-corrected chi connectivity index (χ3v) is 2.67. The molecule has 5 N–H and O–H groups in total. The first-order valence-electron chi connectivity index (χ1n) is 3.86. The first kappa shape index (κ1) is 12.8. The van der Waals surface area contributed by atoms with Gasteiger partial charge in [0, 0.05) is 0 Å². The molecule has 0 aliphatic carbocycles. The molecule has 0 aliphatic heterocycles. The molecule has 0 spiro atoms. The molecule has 0 aromatic carbocycles. The first-order valence-corrected chi connectivity index (χ1v) is 5.52. The van der Waals surface area contributed by atoms with Gasteiger partial charge in [-0.05, 0) is 6.92 Å². The van der Waals surface area contributed by atoms with Crippen LogP contribution in [0.15, 0.2) is 0 Å². The van der Waals surface area contributed by atoms with Gasteiger partial charge in [0.25, 0.3) is 5.91 Å². The van der Waals surface area contributed by atoms with Crippen LogP contribution in [-0.2, 0) is 19.6 Å². The van der Waals surface area contributed by atoms with Gasteiger partial charge in [0.05, 0.1) is 18.2 Å². The van der Waals surface area contributed by atoms with Crippen LogP contribution >= 0.6 is 0 Å². The van der Waals surface area contributed by atoms with Crippen molar-refractivity contribution in [3.63, 3.8) is 0 Å². The van der Waals surface area contributed by atoms with E-state index in [0.717, 1.165) is 0 Å². The third kappa shape index (κ3) is 4.77. The number of sulfonamides is 1. The topological polar surface area (TPSA) is 132 Å². The van der Waals surface area contributed by atoms with E-state index < -0.39 is 27.9 Å². The lowest BCUT2D eigenvalue weighted by atomic mass is 10.2. The van der Waals surface area contributed by atoms with Gasteiger partial charge in [0.2, 0.25) is 15.9 Å². The zero-order valence-electron chi connectivity index (χ0n) is 7.69. The second-order valence-electron chi connectivity index (χ2n) is 2.65. The molecule has 0 aromatic heterocycles. The lowest BCUT2D eigenvalue weighted by molar-refractivity contribution is -0.125. The number of hydrogen-bond donors (Lipinski definition) is 3. The number of carbonyl (C=O) groups is 2. The summed E-state index contributed by atoms with van der Waals surface area (Å²) in [6, 6.07) is -1.23. The van der Waals surface area contributed by atoms with Crippen LogP contribution in [0.5, 0.6) is 0 Å². The Kier molecular flexibility index (Phi) is 4.51. The van der Waals surface area contributed by atoms with Crippen LogP contribution in [-0.4, -0.2) is 32.0 Å². The van der Waals surface area contributed by atoms with Crippen molar-refractivity contribution in [2.24, 2.45) is 11.5 Å². The van der Waals surface area contributed by atoms with Crippen molar-refractivity contribution in [3.05, 3.63) is 0 Å². The van der Waals surface area contributed by atoms with Crippen LogP contribution < -0.4 is 16.2 Å². The lowest BCUT2D eigenvalue weighted by Crippen LogP contribution is -2.45. The molecule has 2 amide bonds. The summed E-state index contributed by atoms with van der Waals surface area (Å²) in [5.41, 5.74) is 9.98. The van der Waals surface area contributed by atoms with Gasteiger partial charge in [-0.25, -0.2) is 8.42 Å². The summed E-state index contributed by atoms with van der Waals surface area (Å²) in [4.78, 5) is 21.4. The van der Waals surface area contributed by atoms with E-state index in [1.165, 1.54) is 6.92 Å². The van der Waals surface area contributed by atoms with Crippen LogP contribution in [0.3, 0.4) is 0 Å². The molecule has 0 rings (SSSR count). The minimum absolute atomic E-state index is 0.234. The van der Waals surface area contributed by atoms with E-state index in [-0.39, 0.29) is 12.2 Å². The highest BCUT2D eigenvalue weighted by molar-refractivity contribution is 7.90. The maximum Gasteiger partial charge on any atom is 0.250 e. The van der Waals surface area contributed by atoms with E-state index >= 15 is 0 Å². The van der Waals surface area contributed by atoms with E-state index in [1.54, 1.807) is 4.72 Å². The van der Waals surface area contributed by atoms with Gasteiger partial charge in [0.15, 0.2) is 0 Å². The van der Waals surface area contributed by atoms with E-state index in [2.05, 4.69) is 0 Å². The monoisotopic (exact) mass is 223 g/mol. The summed E-state index contributed by atoms with van der Waals surface area (Å²) in [5.74, 6) is -1.92. The fourth-order valence-corrected chi connectivity index (χ4v) is 1.21. The molecule has 14 heavy (non-hydrogen) atoms. The number of primary amides is 1. The average molecular weight is 223 g/mol. The van der Waals surface area contributed by atoms with Crippen molar-refractivity contribution < 1.29 is 18.0 Å². The molecular weight excluding hydrogens is 210 g/mol. The average Bonchev–Trinajstić information content (AvgIpc) is 2.02. The van der Waals surface area contributed by atoms with Gasteiger partial charge in [0.1, 0.15) is 0 Å². The largest absolute Gasteiger partial charge is 0.370 e. The molecule has 0 fully saturated rings. The van der Waals surface area contributed by atoms with Gasteiger partial charge in [-0.2, -0.15) is 0 Å². The quantitative estimate of drug-likeness (QED) is 0.480. The van der Waals surface area contributed by atoms with Gasteiger partial charge >= 0.3 is 0 Å². The minimum atomic E-state index is -3.63. The van der Waals surface area contributed by atoms with Crippen molar-refractivity contribution >= 4 is 21.8 Å².